The van der Waals surface area contributed by atoms with Gasteiger partial charge in [-0.1, -0.05) is 24.3 Å². The lowest BCUT2D eigenvalue weighted by Crippen LogP contribution is -2.18. The van der Waals surface area contributed by atoms with E-state index in [1.807, 2.05) is 56.3 Å². The highest BCUT2D eigenvalue weighted by Crippen LogP contribution is 2.32. The Morgan fingerprint density at radius 1 is 1.00 bits per heavy atom. The maximum absolute atomic E-state index is 12.8. The Bertz CT molecular complexity index is 1230. The Morgan fingerprint density at radius 3 is 2.55 bits per heavy atom. The summed E-state index contributed by atoms with van der Waals surface area (Å²) in [5, 5.41) is 15.8. The number of aryl methyl sites for hydroxylation is 3. The lowest BCUT2D eigenvalue weighted by atomic mass is 10.1. The number of ether oxygens (including phenoxy) is 1. The first-order valence-electron chi connectivity index (χ1n) is 9.22. The number of rotatable bonds is 4. The van der Waals surface area contributed by atoms with Gasteiger partial charge >= 0.3 is 0 Å². The summed E-state index contributed by atoms with van der Waals surface area (Å²) >= 11 is 0. The van der Waals surface area contributed by atoms with Gasteiger partial charge in [-0.25, -0.2) is 4.52 Å². The third-order valence-corrected chi connectivity index (χ3v) is 5.03. The molecule has 7 heteroatoms. The molecule has 2 aromatic heterocycles. The quantitative estimate of drug-likeness (QED) is 0.573. The van der Waals surface area contributed by atoms with Crippen LogP contribution in [-0.2, 0) is 0 Å². The average Bonchev–Trinajstić information content (AvgIpc) is 3.15. The predicted octanol–water partition coefficient (Wildman–Crippen LogP) is 3.98. The van der Waals surface area contributed by atoms with Crippen molar-refractivity contribution in [2.75, 3.05) is 12.4 Å². The van der Waals surface area contributed by atoms with Crippen molar-refractivity contribution in [3.05, 3.63) is 71.2 Å². The van der Waals surface area contributed by atoms with E-state index >= 15 is 0 Å². The molecular weight excluding hydrogens is 366 g/mol. The molecule has 0 saturated heterocycles. The Kier molecular flexibility index (Phi) is 4.72. The van der Waals surface area contributed by atoms with Gasteiger partial charge in [0.1, 0.15) is 5.75 Å². The van der Waals surface area contributed by atoms with E-state index in [9.17, 15) is 4.79 Å². The summed E-state index contributed by atoms with van der Waals surface area (Å²) in [7, 11) is 1.62. The average molecular weight is 387 g/mol. The van der Waals surface area contributed by atoms with Crippen LogP contribution in [-0.4, -0.2) is 32.8 Å². The molecule has 1 N–H and O–H groups in total. The van der Waals surface area contributed by atoms with Crippen LogP contribution in [0.2, 0.25) is 0 Å². The van der Waals surface area contributed by atoms with Gasteiger partial charge < -0.3 is 10.1 Å². The fourth-order valence-electron chi connectivity index (χ4n) is 3.23. The third-order valence-electron chi connectivity index (χ3n) is 5.03. The summed E-state index contributed by atoms with van der Waals surface area (Å²) in [6.45, 7) is 5.84. The molecule has 4 rings (SSSR count). The molecule has 146 valence electrons. The lowest BCUT2D eigenvalue weighted by molar-refractivity contribution is 0.102. The van der Waals surface area contributed by atoms with Crippen LogP contribution in [0.5, 0.6) is 5.75 Å². The van der Waals surface area contributed by atoms with Crippen LogP contribution in [0.25, 0.3) is 16.8 Å². The minimum absolute atomic E-state index is 0.227. The highest BCUT2D eigenvalue weighted by atomic mass is 16.5. The Labute approximate surface area is 168 Å². The summed E-state index contributed by atoms with van der Waals surface area (Å²) in [5.41, 5.74) is 6.05. The van der Waals surface area contributed by atoms with Crippen LogP contribution >= 0.6 is 0 Å². The summed E-state index contributed by atoms with van der Waals surface area (Å²) < 4.78 is 7.07. The predicted molar refractivity (Wildman–Crippen MR) is 111 cm³/mol. The first-order chi connectivity index (χ1) is 14.0. The van der Waals surface area contributed by atoms with Crippen LogP contribution < -0.4 is 10.1 Å². The second-order valence-electron chi connectivity index (χ2n) is 6.88. The molecule has 0 spiro atoms. The van der Waals surface area contributed by atoms with Gasteiger partial charge in [0, 0.05) is 11.3 Å². The van der Waals surface area contributed by atoms with Gasteiger partial charge in [-0.2, -0.15) is 5.10 Å². The molecule has 0 radical (unpaired) electrons. The maximum atomic E-state index is 12.8. The first kappa shape index (κ1) is 18.6. The highest BCUT2D eigenvalue weighted by molar-refractivity contribution is 6.03. The van der Waals surface area contributed by atoms with Crippen LogP contribution in [0.1, 0.15) is 27.3 Å². The molecular formula is C22H21N5O2. The Balaban J connectivity index is 1.71. The molecule has 0 aliphatic heterocycles. The number of amides is 1. The number of benzene rings is 2. The molecule has 2 heterocycles. The largest absolute Gasteiger partial charge is 0.496 e. The number of hydrogen-bond acceptors (Lipinski definition) is 5. The zero-order chi connectivity index (χ0) is 20.5. The molecule has 0 saturated carbocycles. The van der Waals surface area contributed by atoms with E-state index in [4.69, 9.17) is 4.74 Å². The van der Waals surface area contributed by atoms with E-state index in [0.717, 1.165) is 28.1 Å². The molecule has 0 unspecified atom stereocenters. The van der Waals surface area contributed by atoms with Crippen molar-refractivity contribution < 1.29 is 9.53 Å². The van der Waals surface area contributed by atoms with E-state index in [1.54, 1.807) is 24.7 Å². The fourth-order valence-corrected chi connectivity index (χ4v) is 3.23. The second kappa shape index (κ2) is 7.35. The molecule has 29 heavy (non-hydrogen) atoms. The molecule has 1 amide bonds. The van der Waals surface area contributed by atoms with Gasteiger partial charge in [-0.15, -0.1) is 10.2 Å². The number of nitrogens with one attached hydrogen (secondary N) is 1. The number of methoxy groups -OCH3 is 1. The summed E-state index contributed by atoms with van der Waals surface area (Å²) in [5.74, 6) is 0.396. The maximum Gasteiger partial charge on any atom is 0.278 e. The van der Waals surface area contributed by atoms with Crippen molar-refractivity contribution in [2.45, 2.75) is 20.8 Å². The van der Waals surface area contributed by atoms with Crippen molar-refractivity contribution in [1.29, 1.82) is 0 Å². The first-order valence-corrected chi connectivity index (χ1v) is 9.22. The monoisotopic (exact) mass is 387 g/mol. The minimum atomic E-state index is -0.325. The number of carbonyl (C=O) groups is 1. The van der Waals surface area contributed by atoms with Gasteiger partial charge in [0.15, 0.2) is 11.3 Å². The topological polar surface area (TPSA) is 81.4 Å². The third kappa shape index (κ3) is 3.31. The molecule has 4 aromatic rings. The number of fused-ring (bicyclic) bond motifs is 1. The number of para-hydroxylation sites is 1. The van der Waals surface area contributed by atoms with E-state index in [1.165, 1.54) is 5.56 Å². The normalized spacial score (nSPS) is 10.9. The summed E-state index contributed by atoms with van der Waals surface area (Å²) in [6, 6.07) is 13.4. The van der Waals surface area contributed by atoms with Crippen molar-refractivity contribution in [2.24, 2.45) is 0 Å². The molecule has 7 nitrogen and oxygen atoms in total. The van der Waals surface area contributed by atoms with E-state index in [-0.39, 0.29) is 11.6 Å². The van der Waals surface area contributed by atoms with Crippen molar-refractivity contribution in [1.82, 2.24) is 19.8 Å². The zero-order valence-electron chi connectivity index (χ0n) is 16.7. The molecule has 0 bridgehead atoms. The van der Waals surface area contributed by atoms with Gasteiger partial charge in [-0.05, 0) is 50.1 Å². The standard InChI is InChI=1S/C22H21N5O2/c1-13-9-10-16(11-14(13)2)24-22(28)20-15(3)27-21(26-25-20)18(12-23-27)17-7-5-6-8-19(17)29-4/h5-12H,1-4H3,(H,24,28). The van der Waals surface area contributed by atoms with Crippen LogP contribution in [0.4, 0.5) is 5.69 Å². The summed E-state index contributed by atoms with van der Waals surface area (Å²) in [6.07, 6.45) is 1.71. The smallest absolute Gasteiger partial charge is 0.278 e. The van der Waals surface area contributed by atoms with E-state index < -0.39 is 0 Å². The molecule has 0 aliphatic carbocycles. The van der Waals surface area contributed by atoms with Gasteiger partial charge in [0.05, 0.1) is 24.6 Å². The molecule has 0 aliphatic rings. The van der Waals surface area contributed by atoms with Crippen LogP contribution in [0, 0.1) is 20.8 Å². The van der Waals surface area contributed by atoms with Crippen LogP contribution in [0.3, 0.4) is 0 Å². The SMILES string of the molecule is COc1ccccc1-c1cnn2c(C)c(C(=O)Nc3ccc(C)c(C)c3)nnc12. The molecule has 0 atom stereocenters. The lowest BCUT2D eigenvalue weighted by Gasteiger charge is -2.10. The minimum Gasteiger partial charge on any atom is -0.496 e. The second-order valence-corrected chi connectivity index (χ2v) is 6.88. The van der Waals surface area contributed by atoms with Crippen molar-refractivity contribution >= 4 is 17.2 Å². The van der Waals surface area contributed by atoms with E-state index in [2.05, 4.69) is 20.6 Å². The number of aromatic nitrogens is 4. The number of nitrogens with zero attached hydrogens (tertiary/aromatic N) is 4. The highest BCUT2D eigenvalue weighted by Gasteiger charge is 2.19. The van der Waals surface area contributed by atoms with Crippen molar-refractivity contribution in [3.8, 4) is 16.9 Å². The number of carbonyl (C=O) groups excluding carboxylic acids is 1. The van der Waals surface area contributed by atoms with Crippen LogP contribution in [0.15, 0.2) is 48.7 Å². The van der Waals surface area contributed by atoms with Crippen molar-refractivity contribution in [3.63, 3.8) is 0 Å². The van der Waals surface area contributed by atoms with Gasteiger partial charge in [0.2, 0.25) is 0 Å². The molecule has 0 fully saturated rings. The Hall–Kier alpha value is -3.74. The summed E-state index contributed by atoms with van der Waals surface area (Å²) in [4.78, 5) is 12.8. The zero-order valence-corrected chi connectivity index (χ0v) is 16.7. The Morgan fingerprint density at radius 2 is 1.79 bits per heavy atom. The fraction of sp³-hybridized carbons (Fsp3) is 0.182. The number of anilines is 1. The van der Waals surface area contributed by atoms with Gasteiger partial charge in [0.25, 0.3) is 5.91 Å². The van der Waals surface area contributed by atoms with Gasteiger partial charge in [-0.3, -0.25) is 4.79 Å². The molecule has 2 aromatic carbocycles. The number of hydrogen-bond donors (Lipinski definition) is 1. The van der Waals surface area contributed by atoms with E-state index in [0.29, 0.717) is 11.3 Å².